The molecule has 0 bridgehead atoms. The Hall–Kier alpha value is -3.01. The van der Waals surface area contributed by atoms with Gasteiger partial charge in [-0.25, -0.2) is 8.42 Å². The third-order valence-electron chi connectivity index (χ3n) is 3.14. The Labute approximate surface area is 130 Å². The van der Waals surface area contributed by atoms with E-state index in [4.69, 9.17) is 5.73 Å². The maximum Gasteiger partial charge on any atom is 0.300 e. The maximum absolute atomic E-state index is 12.5. The fourth-order valence-corrected chi connectivity index (χ4v) is 3.21. The lowest BCUT2D eigenvalue weighted by molar-refractivity contribution is -0.392. The third kappa shape index (κ3) is 2.97. The van der Waals surface area contributed by atoms with Gasteiger partial charge >= 0.3 is 11.4 Å². The number of nitro groups is 2. The zero-order valence-corrected chi connectivity index (χ0v) is 12.6. The number of sulfone groups is 1. The molecule has 9 nitrogen and oxygen atoms in total. The molecular formula is C13H11N3O6S. The van der Waals surface area contributed by atoms with Crippen LogP contribution in [0.25, 0.3) is 0 Å². The van der Waals surface area contributed by atoms with Gasteiger partial charge in [0.1, 0.15) is 0 Å². The molecule has 0 aliphatic rings. The molecule has 0 atom stereocenters. The molecule has 0 fully saturated rings. The van der Waals surface area contributed by atoms with Gasteiger partial charge in [-0.05, 0) is 19.1 Å². The van der Waals surface area contributed by atoms with E-state index in [1.807, 2.05) is 0 Å². The molecule has 0 aliphatic heterocycles. The van der Waals surface area contributed by atoms with Crippen LogP contribution in [0.1, 0.15) is 5.56 Å². The summed E-state index contributed by atoms with van der Waals surface area (Å²) in [6.07, 6.45) is 0. The summed E-state index contributed by atoms with van der Waals surface area (Å²) < 4.78 is 25.0. The molecule has 0 saturated heterocycles. The maximum atomic E-state index is 12.5. The minimum atomic E-state index is -4.15. The van der Waals surface area contributed by atoms with Gasteiger partial charge in [0.2, 0.25) is 9.84 Å². The molecular weight excluding hydrogens is 326 g/mol. The monoisotopic (exact) mass is 337 g/mol. The number of hydrogen-bond acceptors (Lipinski definition) is 7. The Morgan fingerprint density at radius 3 is 1.74 bits per heavy atom. The van der Waals surface area contributed by atoms with Crippen molar-refractivity contribution in [2.45, 2.75) is 16.7 Å². The van der Waals surface area contributed by atoms with E-state index < -0.39 is 41.6 Å². The average molecular weight is 337 g/mol. The van der Waals surface area contributed by atoms with E-state index in [1.54, 1.807) is 19.1 Å². The van der Waals surface area contributed by atoms with Crippen LogP contribution in [0.5, 0.6) is 0 Å². The van der Waals surface area contributed by atoms with E-state index in [0.717, 1.165) is 17.7 Å². The second-order valence-corrected chi connectivity index (χ2v) is 6.66. The highest BCUT2D eigenvalue weighted by Crippen LogP contribution is 2.36. The molecule has 0 unspecified atom stereocenters. The Morgan fingerprint density at radius 2 is 1.35 bits per heavy atom. The second-order valence-electron chi connectivity index (χ2n) is 4.71. The summed E-state index contributed by atoms with van der Waals surface area (Å²) >= 11 is 0. The number of nitro benzene ring substituents is 2. The summed E-state index contributed by atoms with van der Waals surface area (Å²) in [5.74, 6) is 0. The summed E-state index contributed by atoms with van der Waals surface area (Å²) in [4.78, 5) is 19.3. The van der Waals surface area contributed by atoms with E-state index in [0.29, 0.717) is 0 Å². The van der Waals surface area contributed by atoms with Gasteiger partial charge in [0.15, 0.2) is 5.69 Å². The lowest BCUT2D eigenvalue weighted by atomic mass is 10.2. The van der Waals surface area contributed by atoms with E-state index in [1.165, 1.54) is 12.1 Å². The van der Waals surface area contributed by atoms with Crippen LogP contribution in [0, 0.1) is 27.2 Å². The van der Waals surface area contributed by atoms with Crippen LogP contribution in [0.4, 0.5) is 17.1 Å². The van der Waals surface area contributed by atoms with Gasteiger partial charge in [-0.2, -0.15) is 0 Å². The van der Waals surface area contributed by atoms with E-state index in [9.17, 15) is 28.6 Å². The van der Waals surface area contributed by atoms with Crippen LogP contribution in [0.3, 0.4) is 0 Å². The Kier molecular flexibility index (Phi) is 4.02. The number of nitrogen functional groups attached to an aromatic ring is 1. The first-order chi connectivity index (χ1) is 10.6. The molecule has 120 valence electrons. The van der Waals surface area contributed by atoms with Crippen molar-refractivity contribution in [2.75, 3.05) is 5.73 Å². The molecule has 0 spiro atoms. The minimum absolute atomic E-state index is 0.128. The standard InChI is InChI=1S/C13H11N3O6S/c1-8-2-4-9(5-3-8)23(21,22)10-6-11(15(17)18)13(14)12(7-10)16(19)20/h2-7H,14H2,1H3. The smallest absolute Gasteiger partial charge is 0.300 e. The summed E-state index contributed by atoms with van der Waals surface area (Å²) in [5, 5.41) is 21.9. The van der Waals surface area contributed by atoms with Crippen molar-refractivity contribution in [2.24, 2.45) is 0 Å². The van der Waals surface area contributed by atoms with E-state index in [2.05, 4.69) is 0 Å². The van der Waals surface area contributed by atoms with Gasteiger partial charge in [-0.3, -0.25) is 20.2 Å². The second kappa shape index (κ2) is 5.65. The van der Waals surface area contributed by atoms with Gasteiger partial charge < -0.3 is 5.73 Å². The summed E-state index contributed by atoms with van der Waals surface area (Å²) in [6.45, 7) is 1.76. The fraction of sp³-hybridized carbons (Fsp3) is 0.0769. The van der Waals surface area contributed by atoms with Gasteiger partial charge in [0, 0.05) is 12.1 Å². The van der Waals surface area contributed by atoms with Crippen molar-refractivity contribution in [1.82, 2.24) is 0 Å². The number of anilines is 1. The quantitative estimate of drug-likeness (QED) is 0.511. The Bertz CT molecular complexity index is 871. The van der Waals surface area contributed by atoms with Crippen LogP contribution in [-0.4, -0.2) is 18.3 Å². The van der Waals surface area contributed by atoms with Crippen LogP contribution in [0.2, 0.25) is 0 Å². The minimum Gasteiger partial charge on any atom is -0.387 e. The van der Waals surface area contributed by atoms with Crippen molar-refractivity contribution < 1.29 is 18.3 Å². The number of aryl methyl sites for hydroxylation is 1. The van der Waals surface area contributed by atoms with E-state index >= 15 is 0 Å². The summed E-state index contributed by atoms with van der Waals surface area (Å²) in [5.41, 5.74) is 3.85. The van der Waals surface area contributed by atoms with Gasteiger partial charge in [-0.15, -0.1) is 0 Å². The SMILES string of the molecule is Cc1ccc(S(=O)(=O)c2cc([N+](=O)[O-])c(N)c([N+](=O)[O-])c2)cc1. The van der Waals surface area contributed by atoms with Crippen molar-refractivity contribution >= 4 is 26.9 Å². The number of rotatable bonds is 4. The molecule has 2 aromatic rings. The van der Waals surface area contributed by atoms with Crippen molar-refractivity contribution in [3.05, 3.63) is 62.2 Å². The summed E-state index contributed by atoms with van der Waals surface area (Å²) in [6, 6.07) is 7.17. The van der Waals surface area contributed by atoms with E-state index in [-0.39, 0.29) is 4.90 Å². The molecule has 2 N–H and O–H groups in total. The zero-order chi connectivity index (χ0) is 17.4. The van der Waals surface area contributed by atoms with Crippen molar-refractivity contribution in [3.8, 4) is 0 Å². The number of nitrogens with two attached hydrogens (primary N) is 1. The molecule has 0 heterocycles. The molecule has 10 heteroatoms. The lowest BCUT2D eigenvalue weighted by Gasteiger charge is -2.07. The van der Waals surface area contributed by atoms with Gasteiger partial charge in [0.25, 0.3) is 0 Å². The molecule has 23 heavy (non-hydrogen) atoms. The molecule has 0 aromatic heterocycles. The molecule has 0 radical (unpaired) electrons. The van der Waals surface area contributed by atoms with Crippen LogP contribution in [-0.2, 0) is 9.84 Å². The predicted molar refractivity (Wildman–Crippen MR) is 80.8 cm³/mol. The topological polar surface area (TPSA) is 146 Å². The highest BCUT2D eigenvalue weighted by molar-refractivity contribution is 7.91. The van der Waals surface area contributed by atoms with Crippen molar-refractivity contribution in [1.29, 1.82) is 0 Å². The first kappa shape index (κ1) is 16.4. The molecule has 2 aromatic carbocycles. The number of hydrogen-bond donors (Lipinski definition) is 1. The summed E-state index contributed by atoms with van der Waals surface area (Å²) in [7, 11) is -4.15. The highest BCUT2D eigenvalue weighted by Gasteiger charge is 2.29. The fourth-order valence-electron chi connectivity index (χ4n) is 1.91. The third-order valence-corrected chi connectivity index (χ3v) is 4.89. The zero-order valence-electron chi connectivity index (χ0n) is 11.8. The highest BCUT2D eigenvalue weighted by atomic mass is 32.2. The van der Waals surface area contributed by atoms with Crippen LogP contribution in [0.15, 0.2) is 46.2 Å². The number of nitrogens with zero attached hydrogens (tertiary/aromatic N) is 2. The Morgan fingerprint density at radius 1 is 0.913 bits per heavy atom. The Balaban J connectivity index is 2.74. The van der Waals surface area contributed by atoms with Gasteiger partial charge in [-0.1, -0.05) is 17.7 Å². The predicted octanol–water partition coefficient (Wildman–Crippen LogP) is 2.23. The van der Waals surface area contributed by atoms with Crippen LogP contribution < -0.4 is 5.73 Å². The molecule has 2 rings (SSSR count). The molecule has 0 saturated carbocycles. The van der Waals surface area contributed by atoms with Crippen LogP contribution >= 0.6 is 0 Å². The first-order valence-electron chi connectivity index (χ1n) is 6.18. The largest absolute Gasteiger partial charge is 0.387 e. The average Bonchev–Trinajstić information content (AvgIpc) is 2.47. The first-order valence-corrected chi connectivity index (χ1v) is 7.67. The van der Waals surface area contributed by atoms with Gasteiger partial charge in [0.05, 0.1) is 19.6 Å². The molecule has 0 amide bonds. The lowest BCUT2D eigenvalue weighted by Crippen LogP contribution is -2.07. The van der Waals surface area contributed by atoms with Crippen molar-refractivity contribution in [3.63, 3.8) is 0 Å². The normalized spacial score (nSPS) is 11.2. The molecule has 0 aliphatic carbocycles. The number of benzene rings is 2.